The van der Waals surface area contributed by atoms with Crippen LogP contribution in [0.15, 0.2) is 60.7 Å². The molecule has 2 unspecified atom stereocenters. The van der Waals surface area contributed by atoms with E-state index in [1.165, 1.54) is 0 Å². The van der Waals surface area contributed by atoms with Crippen LogP contribution in [-0.4, -0.2) is 18.4 Å². The number of nitrogens with zero attached hydrogens (tertiary/aromatic N) is 1. The summed E-state index contributed by atoms with van der Waals surface area (Å²) in [6, 6.07) is 19.6. The Balaban J connectivity index is 1.71. The zero-order valence-electron chi connectivity index (χ0n) is 15.4. The molecule has 4 heteroatoms. The Labute approximate surface area is 155 Å². The van der Waals surface area contributed by atoms with E-state index in [1.54, 1.807) is 4.90 Å². The van der Waals surface area contributed by atoms with Gasteiger partial charge in [0, 0.05) is 12.2 Å². The predicted molar refractivity (Wildman–Crippen MR) is 104 cm³/mol. The third-order valence-electron chi connectivity index (χ3n) is 4.65. The third kappa shape index (κ3) is 4.51. The molecule has 2 atom stereocenters. The highest BCUT2D eigenvalue weighted by atomic mass is 16.2. The summed E-state index contributed by atoms with van der Waals surface area (Å²) in [5.41, 5.74) is 1.95. The standard InChI is InChI=1S/C22H26N2O2/c1-16(2)14-23-21(25)19-13-20(19)22(26)24(18-11-7-4-8-12-18)15-17-9-5-3-6-10-17/h3-12,16,19-20H,13-15H2,1-2H3,(H,23,25). The summed E-state index contributed by atoms with van der Waals surface area (Å²) in [6.45, 7) is 5.29. The van der Waals surface area contributed by atoms with Gasteiger partial charge in [-0.1, -0.05) is 62.4 Å². The van der Waals surface area contributed by atoms with E-state index in [2.05, 4.69) is 19.2 Å². The summed E-state index contributed by atoms with van der Waals surface area (Å²) in [5.74, 6) is 0.0367. The van der Waals surface area contributed by atoms with Crippen molar-refractivity contribution in [2.24, 2.45) is 17.8 Å². The molecule has 26 heavy (non-hydrogen) atoms. The summed E-state index contributed by atoms with van der Waals surface area (Å²) >= 11 is 0. The Kier molecular flexibility index (Phi) is 5.71. The summed E-state index contributed by atoms with van der Waals surface area (Å²) in [5, 5.41) is 2.95. The molecule has 1 aliphatic rings. The molecule has 0 spiro atoms. The Hall–Kier alpha value is -2.62. The fourth-order valence-electron chi connectivity index (χ4n) is 3.06. The quantitative estimate of drug-likeness (QED) is 0.829. The number of hydrogen-bond donors (Lipinski definition) is 1. The first kappa shape index (κ1) is 18.2. The van der Waals surface area contributed by atoms with Crippen LogP contribution in [0, 0.1) is 17.8 Å². The van der Waals surface area contributed by atoms with Gasteiger partial charge in [-0.2, -0.15) is 0 Å². The van der Waals surface area contributed by atoms with Gasteiger partial charge in [0.2, 0.25) is 11.8 Å². The molecule has 0 bridgehead atoms. The molecule has 1 aliphatic carbocycles. The highest BCUT2D eigenvalue weighted by Gasteiger charge is 2.49. The summed E-state index contributed by atoms with van der Waals surface area (Å²) in [4.78, 5) is 27.2. The van der Waals surface area contributed by atoms with Crippen LogP contribution in [-0.2, 0) is 16.1 Å². The molecule has 2 amide bonds. The fourth-order valence-corrected chi connectivity index (χ4v) is 3.06. The molecular formula is C22H26N2O2. The van der Waals surface area contributed by atoms with Crippen molar-refractivity contribution in [3.63, 3.8) is 0 Å². The topological polar surface area (TPSA) is 49.4 Å². The van der Waals surface area contributed by atoms with Gasteiger partial charge < -0.3 is 10.2 Å². The lowest BCUT2D eigenvalue weighted by atomic mass is 10.1. The van der Waals surface area contributed by atoms with Crippen LogP contribution in [0.3, 0.4) is 0 Å². The van der Waals surface area contributed by atoms with E-state index in [0.717, 1.165) is 11.3 Å². The van der Waals surface area contributed by atoms with Crippen LogP contribution in [0.25, 0.3) is 0 Å². The van der Waals surface area contributed by atoms with Crippen molar-refractivity contribution in [2.45, 2.75) is 26.8 Å². The molecule has 0 heterocycles. The molecule has 136 valence electrons. The first-order chi connectivity index (χ1) is 12.6. The number of carbonyl (C=O) groups is 2. The minimum atomic E-state index is -0.217. The predicted octanol–water partition coefficient (Wildman–Crippen LogP) is 3.63. The van der Waals surface area contributed by atoms with Crippen molar-refractivity contribution in [2.75, 3.05) is 11.4 Å². The summed E-state index contributed by atoms with van der Waals surface area (Å²) in [7, 11) is 0. The monoisotopic (exact) mass is 350 g/mol. The van der Waals surface area contributed by atoms with Crippen molar-refractivity contribution < 1.29 is 9.59 Å². The van der Waals surface area contributed by atoms with Crippen LogP contribution in [0.2, 0.25) is 0 Å². The second-order valence-electron chi connectivity index (χ2n) is 7.33. The molecule has 1 N–H and O–H groups in total. The van der Waals surface area contributed by atoms with Gasteiger partial charge in [-0.15, -0.1) is 0 Å². The largest absolute Gasteiger partial charge is 0.356 e. The number of carbonyl (C=O) groups excluding carboxylic acids is 2. The highest BCUT2D eigenvalue weighted by molar-refractivity contribution is 6.01. The first-order valence-electron chi connectivity index (χ1n) is 9.24. The van der Waals surface area contributed by atoms with Crippen molar-refractivity contribution in [3.05, 3.63) is 66.2 Å². The van der Waals surface area contributed by atoms with Gasteiger partial charge in [0.1, 0.15) is 0 Å². The van der Waals surface area contributed by atoms with Crippen LogP contribution in [0.5, 0.6) is 0 Å². The molecule has 0 aromatic heterocycles. The maximum atomic E-state index is 13.1. The van der Waals surface area contributed by atoms with Gasteiger partial charge in [-0.3, -0.25) is 9.59 Å². The maximum Gasteiger partial charge on any atom is 0.231 e. The number of benzene rings is 2. The second-order valence-corrected chi connectivity index (χ2v) is 7.33. The molecule has 3 rings (SSSR count). The minimum Gasteiger partial charge on any atom is -0.356 e. The Bertz CT molecular complexity index is 743. The van der Waals surface area contributed by atoms with E-state index in [-0.39, 0.29) is 23.7 Å². The number of rotatable bonds is 7. The summed E-state index contributed by atoms with van der Waals surface area (Å²) in [6.07, 6.45) is 0.640. The Morgan fingerprint density at radius 3 is 2.23 bits per heavy atom. The number of amides is 2. The number of nitrogens with one attached hydrogen (secondary N) is 1. The van der Waals surface area contributed by atoms with Gasteiger partial charge >= 0.3 is 0 Å². The van der Waals surface area contributed by atoms with E-state index in [0.29, 0.717) is 25.4 Å². The lowest BCUT2D eigenvalue weighted by molar-refractivity contribution is -0.126. The van der Waals surface area contributed by atoms with Gasteiger partial charge in [0.05, 0.1) is 18.4 Å². The normalized spacial score (nSPS) is 18.4. The number of hydrogen-bond acceptors (Lipinski definition) is 2. The zero-order chi connectivity index (χ0) is 18.5. The first-order valence-corrected chi connectivity index (χ1v) is 9.24. The zero-order valence-corrected chi connectivity index (χ0v) is 15.4. The molecule has 0 radical (unpaired) electrons. The van der Waals surface area contributed by atoms with Crippen LogP contribution in [0.4, 0.5) is 5.69 Å². The fraction of sp³-hybridized carbons (Fsp3) is 0.364. The van der Waals surface area contributed by atoms with Gasteiger partial charge in [0.25, 0.3) is 0 Å². The Morgan fingerprint density at radius 2 is 1.62 bits per heavy atom. The van der Waals surface area contributed by atoms with E-state index in [1.807, 2.05) is 60.7 Å². The van der Waals surface area contributed by atoms with Gasteiger partial charge in [-0.25, -0.2) is 0 Å². The van der Waals surface area contributed by atoms with Crippen molar-refractivity contribution >= 4 is 17.5 Å². The number of anilines is 1. The van der Waals surface area contributed by atoms with Crippen molar-refractivity contribution in [1.29, 1.82) is 0 Å². The molecule has 0 aliphatic heterocycles. The number of para-hydroxylation sites is 1. The molecule has 0 saturated heterocycles. The molecule has 4 nitrogen and oxygen atoms in total. The smallest absolute Gasteiger partial charge is 0.231 e. The molecule has 2 aromatic carbocycles. The van der Waals surface area contributed by atoms with Crippen molar-refractivity contribution in [3.8, 4) is 0 Å². The van der Waals surface area contributed by atoms with E-state index < -0.39 is 0 Å². The maximum absolute atomic E-state index is 13.1. The van der Waals surface area contributed by atoms with Crippen LogP contribution >= 0.6 is 0 Å². The SMILES string of the molecule is CC(C)CNC(=O)C1CC1C(=O)N(Cc1ccccc1)c1ccccc1. The average molecular weight is 350 g/mol. The lowest BCUT2D eigenvalue weighted by Crippen LogP contribution is -2.34. The van der Waals surface area contributed by atoms with Crippen LogP contribution < -0.4 is 10.2 Å². The van der Waals surface area contributed by atoms with Gasteiger partial charge in [-0.05, 0) is 30.0 Å². The third-order valence-corrected chi connectivity index (χ3v) is 4.65. The van der Waals surface area contributed by atoms with E-state index in [9.17, 15) is 9.59 Å². The average Bonchev–Trinajstić information content (AvgIpc) is 3.46. The lowest BCUT2D eigenvalue weighted by Gasteiger charge is -2.23. The van der Waals surface area contributed by atoms with E-state index in [4.69, 9.17) is 0 Å². The molecule has 2 aromatic rings. The van der Waals surface area contributed by atoms with Gasteiger partial charge in [0.15, 0.2) is 0 Å². The second kappa shape index (κ2) is 8.17. The summed E-state index contributed by atoms with van der Waals surface area (Å²) < 4.78 is 0. The molecular weight excluding hydrogens is 324 g/mol. The van der Waals surface area contributed by atoms with Crippen molar-refractivity contribution in [1.82, 2.24) is 5.32 Å². The molecule has 1 fully saturated rings. The highest BCUT2D eigenvalue weighted by Crippen LogP contribution is 2.41. The van der Waals surface area contributed by atoms with E-state index >= 15 is 0 Å². The minimum absolute atomic E-state index is 0.00442. The Morgan fingerprint density at radius 1 is 1.00 bits per heavy atom. The van der Waals surface area contributed by atoms with Crippen LogP contribution in [0.1, 0.15) is 25.8 Å². The molecule has 1 saturated carbocycles.